The van der Waals surface area contributed by atoms with E-state index >= 15 is 0 Å². The number of rotatable bonds is 9. The molecule has 0 saturated carbocycles. The standard InChI is InChI=1S/C22H26N2O6/c1-15(21(27)29-13-17-9-5-3-6-10-17)23-20(26)19(16(2)25)24-22(28)30-14-18-11-7-4-8-12-18/h3-12,15-16,19,25H,13-14H2,1-2H3,(H,23,26)(H,24,28). The molecule has 0 aliphatic carbocycles. The van der Waals surface area contributed by atoms with Crippen LogP contribution in [0.15, 0.2) is 60.7 Å². The highest BCUT2D eigenvalue weighted by atomic mass is 16.5. The Morgan fingerprint density at radius 3 is 1.83 bits per heavy atom. The molecule has 160 valence electrons. The van der Waals surface area contributed by atoms with E-state index in [2.05, 4.69) is 10.6 Å². The molecule has 0 aliphatic rings. The zero-order valence-corrected chi connectivity index (χ0v) is 16.9. The number of amides is 2. The number of hydrogen-bond donors (Lipinski definition) is 3. The van der Waals surface area contributed by atoms with Crippen LogP contribution in [0.4, 0.5) is 4.79 Å². The molecule has 8 heteroatoms. The van der Waals surface area contributed by atoms with E-state index in [9.17, 15) is 19.5 Å². The van der Waals surface area contributed by atoms with Crippen molar-refractivity contribution in [2.75, 3.05) is 0 Å². The van der Waals surface area contributed by atoms with Crippen molar-refractivity contribution in [2.45, 2.75) is 45.2 Å². The normalized spacial score (nSPS) is 13.4. The summed E-state index contributed by atoms with van der Waals surface area (Å²) in [7, 11) is 0. The second-order valence-corrected chi connectivity index (χ2v) is 6.75. The molecule has 0 aliphatic heterocycles. The van der Waals surface area contributed by atoms with Crippen LogP contribution in [0.1, 0.15) is 25.0 Å². The van der Waals surface area contributed by atoms with Crippen LogP contribution in [0.5, 0.6) is 0 Å². The van der Waals surface area contributed by atoms with Crippen molar-refractivity contribution in [1.82, 2.24) is 10.6 Å². The summed E-state index contributed by atoms with van der Waals surface area (Å²) in [5, 5.41) is 14.6. The van der Waals surface area contributed by atoms with Crippen molar-refractivity contribution < 1.29 is 29.0 Å². The van der Waals surface area contributed by atoms with Gasteiger partial charge >= 0.3 is 12.1 Å². The van der Waals surface area contributed by atoms with Crippen molar-refractivity contribution in [3.63, 3.8) is 0 Å². The average molecular weight is 414 g/mol. The van der Waals surface area contributed by atoms with Gasteiger partial charge in [-0.25, -0.2) is 9.59 Å². The maximum atomic E-state index is 12.4. The van der Waals surface area contributed by atoms with Crippen molar-refractivity contribution in [3.8, 4) is 0 Å². The SMILES string of the molecule is CC(NC(=O)C(NC(=O)OCc1ccccc1)C(C)O)C(=O)OCc1ccccc1. The van der Waals surface area contributed by atoms with Crippen molar-refractivity contribution >= 4 is 18.0 Å². The first-order chi connectivity index (χ1) is 14.4. The predicted molar refractivity (Wildman–Crippen MR) is 109 cm³/mol. The fourth-order valence-corrected chi connectivity index (χ4v) is 2.51. The molecule has 0 bridgehead atoms. The van der Waals surface area contributed by atoms with Gasteiger partial charge in [0.2, 0.25) is 5.91 Å². The van der Waals surface area contributed by atoms with E-state index < -0.39 is 36.2 Å². The van der Waals surface area contributed by atoms with Crippen LogP contribution in [0, 0.1) is 0 Å². The molecule has 0 radical (unpaired) electrons. The second-order valence-electron chi connectivity index (χ2n) is 6.75. The largest absolute Gasteiger partial charge is 0.459 e. The second kappa shape index (κ2) is 11.6. The van der Waals surface area contributed by atoms with Crippen LogP contribution in [0.2, 0.25) is 0 Å². The lowest BCUT2D eigenvalue weighted by molar-refractivity contribution is -0.149. The molecule has 0 aromatic heterocycles. The van der Waals surface area contributed by atoms with E-state index in [0.29, 0.717) is 0 Å². The number of esters is 1. The fraction of sp³-hybridized carbons (Fsp3) is 0.318. The van der Waals surface area contributed by atoms with Crippen LogP contribution in [-0.2, 0) is 32.3 Å². The van der Waals surface area contributed by atoms with Crippen molar-refractivity contribution in [3.05, 3.63) is 71.8 Å². The summed E-state index contributed by atoms with van der Waals surface area (Å²) >= 11 is 0. The van der Waals surface area contributed by atoms with Crippen LogP contribution < -0.4 is 10.6 Å². The molecule has 2 aromatic carbocycles. The molecule has 2 aromatic rings. The molecular formula is C22H26N2O6. The quantitative estimate of drug-likeness (QED) is 0.540. The fourth-order valence-electron chi connectivity index (χ4n) is 2.51. The summed E-state index contributed by atoms with van der Waals surface area (Å²) in [6, 6.07) is 15.9. The molecule has 3 atom stereocenters. The van der Waals surface area contributed by atoms with Gasteiger partial charge in [-0.2, -0.15) is 0 Å². The van der Waals surface area contributed by atoms with Gasteiger partial charge in [-0.1, -0.05) is 60.7 Å². The third kappa shape index (κ3) is 7.56. The highest BCUT2D eigenvalue weighted by Gasteiger charge is 2.29. The first kappa shape index (κ1) is 22.9. The van der Waals surface area contributed by atoms with E-state index in [-0.39, 0.29) is 13.2 Å². The molecule has 8 nitrogen and oxygen atoms in total. The van der Waals surface area contributed by atoms with Gasteiger partial charge in [-0.3, -0.25) is 4.79 Å². The molecular weight excluding hydrogens is 388 g/mol. The highest BCUT2D eigenvalue weighted by Crippen LogP contribution is 2.04. The number of carbonyl (C=O) groups is 3. The Balaban J connectivity index is 1.83. The summed E-state index contributed by atoms with van der Waals surface area (Å²) in [4.78, 5) is 36.5. The number of benzene rings is 2. The summed E-state index contributed by atoms with van der Waals surface area (Å²) < 4.78 is 10.2. The lowest BCUT2D eigenvalue weighted by Gasteiger charge is -2.22. The van der Waals surface area contributed by atoms with Gasteiger partial charge in [-0.15, -0.1) is 0 Å². The zero-order chi connectivity index (χ0) is 21.9. The smallest absolute Gasteiger partial charge is 0.408 e. The molecule has 2 rings (SSSR count). The van der Waals surface area contributed by atoms with E-state index in [1.165, 1.54) is 13.8 Å². The summed E-state index contributed by atoms with van der Waals surface area (Å²) in [6.07, 6.45) is -2.07. The number of nitrogens with one attached hydrogen (secondary N) is 2. The lowest BCUT2D eigenvalue weighted by atomic mass is 10.1. The minimum atomic E-state index is -1.29. The molecule has 0 saturated heterocycles. The predicted octanol–water partition coefficient (Wildman–Crippen LogP) is 1.91. The van der Waals surface area contributed by atoms with E-state index in [1.54, 1.807) is 24.3 Å². The van der Waals surface area contributed by atoms with Gasteiger partial charge in [0.15, 0.2) is 0 Å². The van der Waals surface area contributed by atoms with Crippen LogP contribution in [0.25, 0.3) is 0 Å². The maximum absolute atomic E-state index is 12.4. The Morgan fingerprint density at radius 2 is 1.33 bits per heavy atom. The average Bonchev–Trinajstić information content (AvgIpc) is 2.75. The van der Waals surface area contributed by atoms with Gasteiger partial charge in [0.1, 0.15) is 25.3 Å². The summed E-state index contributed by atoms with van der Waals surface area (Å²) in [6.45, 7) is 2.89. The maximum Gasteiger partial charge on any atom is 0.408 e. The Kier molecular flexibility index (Phi) is 8.83. The monoisotopic (exact) mass is 414 g/mol. The number of carbonyl (C=O) groups excluding carboxylic acids is 3. The minimum Gasteiger partial charge on any atom is -0.459 e. The summed E-state index contributed by atoms with van der Waals surface area (Å²) in [5.74, 6) is -1.37. The lowest BCUT2D eigenvalue weighted by Crippen LogP contribution is -2.55. The molecule has 3 N–H and O–H groups in total. The van der Waals surface area contributed by atoms with Crippen LogP contribution in [-0.4, -0.2) is 41.3 Å². The van der Waals surface area contributed by atoms with Gasteiger partial charge in [-0.05, 0) is 25.0 Å². The molecule has 30 heavy (non-hydrogen) atoms. The molecule has 0 heterocycles. The topological polar surface area (TPSA) is 114 Å². The van der Waals surface area contributed by atoms with E-state index in [1.807, 2.05) is 36.4 Å². The number of ether oxygens (including phenoxy) is 2. The van der Waals surface area contributed by atoms with E-state index in [0.717, 1.165) is 11.1 Å². The molecule has 0 fully saturated rings. The number of hydrogen-bond acceptors (Lipinski definition) is 6. The number of alkyl carbamates (subject to hydrolysis) is 1. The Hall–Kier alpha value is -3.39. The van der Waals surface area contributed by atoms with Crippen molar-refractivity contribution in [2.24, 2.45) is 0 Å². The minimum absolute atomic E-state index is 0.0169. The van der Waals surface area contributed by atoms with Gasteiger partial charge in [0.05, 0.1) is 6.10 Å². The van der Waals surface area contributed by atoms with Gasteiger partial charge < -0.3 is 25.2 Å². The first-order valence-electron chi connectivity index (χ1n) is 9.53. The van der Waals surface area contributed by atoms with Crippen LogP contribution in [0.3, 0.4) is 0 Å². The number of aliphatic hydroxyl groups is 1. The Labute approximate surface area is 175 Å². The van der Waals surface area contributed by atoms with Crippen molar-refractivity contribution in [1.29, 1.82) is 0 Å². The molecule has 3 unspecified atom stereocenters. The van der Waals surface area contributed by atoms with Gasteiger partial charge in [0, 0.05) is 0 Å². The van der Waals surface area contributed by atoms with Gasteiger partial charge in [0.25, 0.3) is 0 Å². The zero-order valence-electron chi connectivity index (χ0n) is 16.9. The Bertz CT molecular complexity index is 826. The van der Waals surface area contributed by atoms with E-state index in [4.69, 9.17) is 9.47 Å². The molecule has 0 spiro atoms. The highest BCUT2D eigenvalue weighted by molar-refractivity contribution is 5.89. The third-order valence-electron chi connectivity index (χ3n) is 4.19. The summed E-state index contributed by atoms with van der Waals surface area (Å²) in [5.41, 5.74) is 1.59. The van der Waals surface area contributed by atoms with Crippen LogP contribution >= 0.6 is 0 Å². The molecule has 2 amide bonds. The first-order valence-corrected chi connectivity index (χ1v) is 9.53. The number of aliphatic hydroxyl groups excluding tert-OH is 1. The Morgan fingerprint density at radius 1 is 0.833 bits per heavy atom. The third-order valence-corrected chi connectivity index (χ3v) is 4.19.